The Morgan fingerprint density at radius 3 is 2.48 bits per heavy atom. The largest absolute Gasteiger partial charge is 0.358 e. The van der Waals surface area contributed by atoms with Crippen molar-refractivity contribution in [1.82, 2.24) is 15.1 Å². The molecule has 0 fully saturated rings. The number of nitrogens with one attached hydrogen (secondary N) is 2. The second-order valence-corrected chi connectivity index (χ2v) is 7.47. The quantitative estimate of drug-likeness (QED) is 0.548. The minimum atomic E-state index is 0.542. The zero-order valence-corrected chi connectivity index (χ0v) is 17.4. The number of rotatable bonds is 5. The van der Waals surface area contributed by atoms with E-state index in [0.29, 0.717) is 28.2 Å². The van der Waals surface area contributed by atoms with Crippen molar-refractivity contribution in [2.24, 2.45) is 0 Å². The number of anilines is 1. The molecule has 7 heteroatoms. The van der Waals surface area contributed by atoms with E-state index in [1.165, 1.54) is 5.56 Å². The van der Waals surface area contributed by atoms with Gasteiger partial charge in [0.15, 0.2) is 5.11 Å². The summed E-state index contributed by atoms with van der Waals surface area (Å²) in [7, 11) is 0. The van der Waals surface area contributed by atoms with Crippen LogP contribution in [0.2, 0.25) is 10.0 Å². The molecule has 1 aromatic heterocycles. The van der Waals surface area contributed by atoms with Gasteiger partial charge in [-0.3, -0.25) is 4.68 Å². The van der Waals surface area contributed by atoms with Crippen LogP contribution in [0.5, 0.6) is 0 Å². The molecule has 0 unspecified atom stereocenters. The first-order valence-electron chi connectivity index (χ1n) is 8.50. The van der Waals surface area contributed by atoms with Crippen LogP contribution in [0.4, 0.5) is 5.69 Å². The van der Waals surface area contributed by atoms with Gasteiger partial charge in [0, 0.05) is 6.54 Å². The summed E-state index contributed by atoms with van der Waals surface area (Å²) in [6.07, 6.45) is 0. The number of hydrogen-bond acceptors (Lipinski definition) is 2. The molecule has 0 aliphatic heterocycles. The molecule has 0 saturated heterocycles. The van der Waals surface area contributed by atoms with Gasteiger partial charge in [-0.15, -0.1) is 0 Å². The van der Waals surface area contributed by atoms with E-state index in [-0.39, 0.29) is 0 Å². The third kappa shape index (κ3) is 5.01. The molecular weight excluding hydrogens is 399 g/mol. The molecule has 27 heavy (non-hydrogen) atoms. The topological polar surface area (TPSA) is 41.9 Å². The van der Waals surface area contributed by atoms with Crippen LogP contribution in [0, 0.1) is 13.8 Å². The standard InChI is InChI=1S/C20H20Cl2N4S/c1-13-19(24-20(27)23-11-15-6-4-3-5-7-15)14(2)26(25-13)12-16-8-9-17(21)18(22)10-16/h3-10H,11-12H2,1-2H3,(H2,23,24,27). The second-order valence-electron chi connectivity index (χ2n) is 6.25. The maximum Gasteiger partial charge on any atom is 0.171 e. The van der Waals surface area contributed by atoms with E-state index >= 15 is 0 Å². The maximum atomic E-state index is 6.11. The van der Waals surface area contributed by atoms with Crippen LogP contribution in [-0.2, 0) is 13.1 Å². The maximum absolute atomic E-state index is 6.11. The Morgan fingerprint density at radius 2 is 1.78 bits per heavy atom. The highest BCUT2D eigenvalue weighted by molar-refractivity contribution is 7.80. The summed E-state index contributed by atoms with van der Waals surface area (Å²) in [5.41, 5.74) is 5.01. The first kappa shape index (κ1) is 19.7. The van der Waals surface area contributed by atoms with Gasteiger partial charge in [-0.05, 0) is 49.3 Å². The van der Waals surface area contributed by atoms with Crippen LogP contribution in [0.1, 0.15) is 22.5 Å². The zero-order chi connectivity index (χ0) is 19.4. The van der Waals surface area contributed by atoms with Gasteiger partial charge in [0.2, 0.25) is 0 Å². The molecule has 4 nitrogen and oxygen atoms in total. The molecule has 1 heterocycles. The fraction of sp³-hybridized carbons (Fsp3) is 0.200. The highest BCUT2D eigenvalue weighted by Crippen LogP contribution is 2.25. The highest BCUT2D eigenvalue weighted by atomic mass is 35.5. The minimum Gasteiger partial charge on any atom is -0.358 e. The summed E-state index contributed by atoms with van der Waals surface area (Å²) < 4.78 is 1.93. The van der Waals surface area contributed by atoms with Gasteiger partial charge in [-0.2, -0.15) is 5.10 Å². The predicted molar refractivity (Wildman–Crippen MR) is 117 cm³/mol. The van der Waals surface area contributed by atoms with E-state index in [2.05, 4.69) is 27.9 Å². The van der Waals surface area contributed by atoms with Crippen molar-refractivity contribution in [3.05, 3.63) is 81.1 Å². The summed E-state index contributed by atoms with van der Waals surface area (Å²) in [5.74, 6) is 0. The van der Waals surface area contributed by atoms with Crippen molar-refractivity contribution in [3.63, 3.8) is 0 Å². The summed E-state index contributed by atoms with van der Waals surface area (Å²) in [6.45, 7) is 5.25. The lowest BCUT2D eigenvalue weighted by Crippen LogP contribution is -2.28. The molecule has 0 atom stereocenters. The van der Waals surface area contributed by atoms with Gasteiger partial charge in [0.1, 0.15) is 0 Å². The average Bonchev–Trinajstić information content (AvgIpc) is 2.91. The predicted octanol–water partition coefficient (Wildman–Crippen LogP) is 5.34. The number of nitrogens with zero attached hydrogens (tertiary/aromatic N) is 2. The van der Waals surface area contributed by atoms with Gasteiger partial charge in [0.05, 0.1) is 33.7 Å². The summed E-state index contributed by atoms with van der Waals surface area (Å²) in [5, 5.41) is 12.8. The second kappa shape index (κ2) is 8.74. The number of benzene rings is 2. The normalized spacial score (nSPS) is 10.7. The Kier molecular flexibility index (Phi) is 6.37. The third-order valence-electron chi connectivity index (χ3n) is 4.23. The Balaban J connectivity index is 1.67. The molecule has 0 amide bonds. The summed E-state index contributed by atoms with van der Waals surface area (Å²) >= 11 is 17.5. The van der Waals surface area contributed by atoms with Crippen molar-refractivity contribution in [2.75, 3.05) is 5.32 Å². The van der Waals surface area contributed by atoms with E-state index in [1.807, 2.05) is 48.9 Å². The van der Waals surface area contributed by atoms with E-state index in [1.54, 1.807) is 6.07 Å². The zero-order valence-electron chi connectivity index (χ0n) is 15.1. The average molecular weight is 419 g/mol. The number of halogens is 2. The molecule has 140 valence electrons. The lowest BCUT2D eigenvalue weighted by Gasteiger charge is -2.11. The fourth-order valence-electron chi connectivity index (χ4n) is 2.78. The molecule has 0 saturated carbocycles. The first-order chi connectivity index (χ1) is 12.9. The molecule has 0 radical (unpaired) electrons. The smallest absolute Gasteiger partial charge is 0.171 e. The molecule has 0 aliphatic carbocycles. The van der Waals surface area contributed by atoms with E-state index in [4.69, 9.17) is 35.4 Å². The molecule has 3 aromatic rings. The van der Waals surface area contributed by atoms with Crippen molar-refractivity contribution in [2.45, 2.75) is 26.9 Å². The molecule has 0 bridgehead atoms. The Hall–Kier alpha value is -2.08. The van der Waals surface area contributed by atoms with Gasteiger partial charge >= 0.3 is 0 Å². The molecule has 0 spiro atoms. The number of aromatic nitrogens is 2. The van der Waals surface area contributed by atoms with Gasteiger partial charge < -0.3 is 10.6 Å². The Labute approximate surface area is 174 Å². The lowest BCUT2D eigenvalue weighted by molar-refractivity contribution is 0.659. The SMILES string of the molecule is Cc1nn(Cc2ccc(Cl)c(Cl)c2)c(C)c1NC(=S)NCc1ccccc1. The van der Waals surface area contributed by atoms with Crippen molar-refractivity contribution >= 4 is 46.2 Å². The van der Waals surface area contributed by atoms with E-state index in [9.17, 15) is 0 Å². The lowest BCUT2D eigenvalue weighted by atomic mass is 10.2. The molecular formula is C20H20Cl2N4S. The molecule has 0 aliphatic rings. The third-order valence-corrected chi connectivity index (χ3v) is 5.22. The van der Waals surface area contributed by atoms with E-state index < -0.39 is 0 Å². The van der Waals surface area contributed by atoms with Gasteiger partial charge in [-0.1, -0.05) is 59.6 Å². The van der Waals surface area contributed by atoms with Crippen LogP contribution in [0.3, 0.4) is 0 Å². The monoisotopic (exact) mass is 418 g/mol. The minimum absolute atomic E-state index is 0.542. The highest BCUT2D eigenvalue weighted by Gasteiger charge is 2.13. The van der Waals surface area contributed by atoms with Gasteiger partial charge in [-0.25, -0.2) is 0 Å². The van der Waals surface area contributed by atoms with Crippen LogP contribution < -0.4 is 10.6 Å². The van der Waals surface area contributed by atoms with Crippen LogP contribution in [0.15, 0.2) is 48.5 Å². The van der Waals surface area contributed by atoms with Crippen LogP contribution >= 0.6 is 35.4 Å². The summed E-state index contributed by atoms with van der Waals surface area (Å²) in [4.78, 5) is 0. The van der Waals surface area contributed by atoms with Crippen molar-refractivity contribution < 1.29 is 0 Å². The molecule has 2 aromatic carbocycles. The first-order valence-corrected chi connectivity index (χ1v) is 9.67. The number of hydrogen-bond donors (Lipinski definition) is 2. The van der Waals surface area contributed by atoms with Crippen LogP contribution in [-0.4, -0.2) is 14.9 Å². The molecule has 2 N–H and O–H groups in total. The van der Waals surface area contributed by atoms with Crippen molar-refractivity contribution in [1.29, 1.82) is 0 Å². The Bertz CT molecular complexity index is 954. The summed E-state index contributed by atoms with van der Waals surface area (Å²) in [6, 6.07) is 15.7. The Morgan fingerprint density at radius 1 is 1.04 bits per heavy atom. The fourth-order valence-corrected chi connectivity index (χ4v) is 3.27. The molecule has 3 rings (SSSR count). The number of aryl methyl sites for hydroxylation is 1. The van der Waals surface area contributed by atoms with Crippen molar-refractivity contribution in [3.8, 4) is 0 Å². The van der Waals surface area contributed by atoms with Gasteiger partial charge in [0.25, 0.3) is 0 Å². The van der Waals surface area contributed by atoms with Crippen LogP contribution in [0.25, 0.3) is 0 Å². The number of thiocarbonyl (C=S) groups is 1. The van der Waals surface area contributed by atoms with E-state index in [0.717, 1.165) is 22.6 Å².